The van der Waals surface area contributed by atoms with Crippen LogP contribution in [0.25, 0.3) is 0 Å². The highest BCUT2D eigenvalue weighted by atomic mass is 16.5. The molecule has 0 spiro atoms. The van der Waals surface area contributed by atoms with Crippen molar-refractivity contribution in [3.05, 3.63) is 34.7 Å². The maximum atomic E-state index is 11.5. The summed E-state index contributed by atoms with van der Waals surface area (Å²) in [6, 6.07) is 5.66. The van der Waals surface area contributed by atoms with Gasteiger partial charge in [-0.3, -0.25) is 4.79 Å². The minimum Gasteiger partial charge on any atom is -0.379 e. The minimum absolute atomic E-state index is 0.0658. The first-order valence-corrected chi connectivity index (χ1v) is 6.88. The number of aryl methyl sites for hydroxylation is 1. The molecule has 1 atom stereocenters. The minimum atomic E-state index is -0.0945. The predicted octanol–water partition coefficient (Wildman–Crippen LogP) is 2.03. The van der Waals surface area contributed by atoms with Gasteiger partial charge in [-0.15, -0.1) is 0 Å². The van der Waals surface area contributed by atoms with E-state index in [1.807, 2.05) is 12.3 Å². The Labute approximate surface area is 115 Å². The second-order valence-electron chi connectivity index (χ2n) is 5.61. The van der Waals surface area contributed by atoms with Crippen LogP contribution in [0.2, 0.25) is 0 Å². The van der Waals surface area contributed by atoms with Crippen molar-refractivity contribution < 1.29 is 4.74 Å². The van der Waals surface area contributed by atoms with Crippen LogP contribution in [0, 0.1) is 0 Å². The normalized spacial score (nSPS) is 13.5. The van der Waals surface area contributed by atoms with Gasteiger partial charge in [-0.2, -0.15) is 0 Å². The molecular formula is C15H26N2O2. The number of rotatable bonds is 8. The highest BCUT2D eigenvalue weighted by Gasteiger charge is 2.19. The number of nitrogens with zero attached hydrogens (tertiary/aromatic N) is 1. The van der Waals surface area contributed by atoms with E-state index in [1.165, 1.54) is 0 Å². The van der Waals surface area contributed by atoms with Crippen LogP contribution in [0.5, 0.6) is 0 Å². The summed E-state index contributed by atoms with van der Waals surface area (Å²) in [5.41, 5.74) is -0.0287. The molecule has 1 rings (SSSR count). The zero-order valence-corrected chi connectivity index (χ0v) is 12.5. The summed E-state index contributed by atoms with van der Waals surface area (Å²) in [5, 5.41) is 3.47. The van der Waals surface area contributed by atoms with Crippen molar-refractivity contribution in [3.8, 4) is 0 Å². The number of hydrogen-bond donors (Lipinski definition) is 1. The molecule has 0 saturated heterocycles. The third-order valence-electron chi connectivity index (χ3n) is 3.32. The SMILES string of the molecule is COC(C)(C)C[C@H](C)NCCCn1ccccc1=O. The summed E-state index contributed by atoms with van der Waals surface area (Å²) in [4.78, 5) is 11.5. The highest BCUT2D eigenvalue weighted by molar-refractivity contribution is 4.93. The second kappa shape index (κ2) is 7.46. The first-order valence-electron chi connectivity index (χ1n) is 6.88. The van der Waals surface area contributed by atoms with E-state index in [0.717, 1.165) is 25.9 Å². The van der Waals surface area contributed by atoms with Gasteiger partial charge in [0.15, 0.2) is 0 Å². The Balaban J connectivity index is 2.24. The Kier molecular flexibility index (Phi) is 6.25. The summed E-state index contributed by atoms with van der Waals surface area (Å²) >= 11 is 0. The molecule has 0 fully saturated rings. The Morgan fingerprint density at radius 1 is 1.42 bits per heavy atom. The van der Waals surface area contributed by atoms with Crippen LogP contribution in [-0.4, -0.2) is 29.9 Å². The summed E-state index contributed by atoms with van der Waals surface area (Å²) in [6.07, 6.45) is 3.75. The van der Waals surface area contributed by atoms with Crippen LogP contribution in [0.4, 0.5) is 0 Å². The van der Waals surface area contributed by atoms with Gasteiger partial charge in [0.25, 0.3) is 0 Å². The van der Waals surface area contributed by atoms with Gasteiger partial charge in [-0.1, -0.05) is 6.07 Å². The molecule has 1 aromatic heterocycles. The van der Waals surface area contributed by atoms with E-state index >= 15 is 0 Å². The highest BCUT2D eigenvalue weighted by Crippen LogP contribution is 2.15. The first-order chi connectivity index (χ1) is 8.94. The van der Waals surface area contributed by atoms with Gasteiger partial charge in [0.05, 0.1) is 5.60 Å². The average molecular weight is 266 g/mol. The van der Waals surface area contributed by atoms with E-state index in [-0.39, 0.29) is 11.2 Å². The monoisotopic (exact) mass is 266 g/mol. The van der Waals surface area contributed by atoms with Crippen molar-refractivity contribution in [1.29, 1.82) is 0 Å². The number of pyridine rings is 1. The van der Waals surface area contributed by atoms with Crippen LogP contribution in [0.1, 0.15) is 33.6 Å². The zero-order valence-electron chi connectivity index (χ0n) is 12.5. The molecule has 0 saturated carbocycles. The molecular weight excluding hydrogens is 240 g/mol. The van der Waals surface area contributed by atoms with Crippen LogP contribution >= 0.6 is 0 Å². The maximum Gasteiger partial charge on any atom is 0.250 e. The van der Waals surface area contributed by atoms with Crippen LogP contribution in [0.3, 0.4) is 0 Å². The standard InChI is InChI=1S/C15H26N2O2/c1-13(12-15(2,3)19-4)16-9-7-11-17-10-6-5-8-14(17)18/h5-6,8,10,13,16H,7,9,11-12H2,1-4H3/t13-/m0/s1. The summed E-state index contributed by atoms with van der Waals surface area (Å²) in [5.74, 6) is 0. The van der Waals surface area contributed by atoms with E-state index in [1.54, 1.807) is 23.8 Å². The quantitative estimate of drug-likeness (QED) is 0.732. The topological polar surface area (TPSA) is 43.3 Å². The Hall–Kier alpha value is -1.13. The lowest BCUT2D eigenvalue weighted by Gasteiger charge is -2.27. The van der Waals surface area contributed by atoms with Crippen molar-refractivity contribution in [2.45, 2.75) is 51.8 Å². The number of nitrogens with one attached hydrogen (secondary N) is 1. The molecule has 1 N–H and O–H groups in total. The van der Waals surface area contributed by atoms with Crippen molar-refractivity contribution in [3.63, 3.8) is 0 Å². The number of methoxy groups -OCH3 is 1. The lowest BCUT2D eigenvalue weighted by molar-refractivity contribution is 0.00858. The van der Waals surface area contributed by atoms with Crippen molar-refractivity contribution in [2.75, 3.05) is 13.7 Å². The van der Waals surface area contributed by atoms with Gasteiger partial charge >= 0.3 is 0 Å². The second-order valence-corrected chi connectivity index (χ2v) is 5.61. The molecule has 0 bridgehead atoms. The van der Waals surface area contributed by atoms with E-state index < -0.39 is 0 Å². The first kappa shape index (κ1) is 15.9. The molecule has 0 aliphatic rings. The third-order valence-corrected chi connectivity index (χ3v) is 3.32. The van der Waals surface area contributed by atoms with Crippen LogP contribution < -0.4 is 10.9 Å². The Morgan fingerprint density at radius 3 is 2.79 bits per heavy atom. The van der Waals surface area contributed by atoms with Gasteiger partial charge in [-0.25, -0.2) is 0 Å². The lowest BCUT2D eigenvalue weighted by atomic mass is 10.00. The zero-order chi connectivity index (χ0) is 14.3. The summed E-state index contributed by atoms with van der Waals surface area (Å²) < 4.78 is 7.16. The summed E-state index contributed by atoms with van der Waals surface area (Å²) in [7, 11) is 1.74. The van der Waals surface area contributed by atoms with E-state index in [0.29, 0.717) is 6.04 Å². The number of ether oxygens (including phenoxy) is 1. The van der Waals surface area contributed by atoms with Gasteiger partial charge in [0.1, 0.15) is 0 Å². The molecule has 0 amide bonds. The Bertz CT molecular complexity index is 426. The van der Waals surface area contributed by atoms with Gasteiger partial charge in [-0.05, 0) is 46.2 Å². The van der Waals surface area contributed by atoms with Crippen LogP contribution in [0.15, 0.2) is 29.2 Å². The molecule has 0 radical (unpaired) electrons. The molecule has 0 aliphatic carbocycles. The molecule has 1 aromatic rings. The Morgan fingerprint density at radius 2 is 2.16 bits per heavy atom. The van der Waals surface area contributed by atoms with Gasteiger partial charge < -0.3 is 14.6 Å². The molecule has 1 heterocycles. The van der Waals surface area contributed by atoms with Gasteiger partial charge in [0.2, 0.25) is 5.56 Å². The van der Waals surface area contributed by atoms with E-state index in [4.69, 9.17) is 4.74 Å². The molecule has 108 valence electrons. The molecule has 0 aliphatic heterocycles. The fourth-order valence-electron chi connectivity index (χ4n) is 2.14. The molecule has 4 nitrogen and oxygen atoms in total. The molecule has 4 heteroatoms. The van der Waals surface area contributed by atoms with Crippen LogP contribution in [-0.2, 0) is 11.3 Å². The predicted molar refractivity (Wildman–Crippen MR) is 78.5 cm³/mol. The largest absolute Gasteiger partial charge is 0.379 e. The molecule has 0 unspecified atom stereocenters. The molecule has 19 heavy (non-hydrogen) atoms. The number of aromatic nitrogens is 1. The van der Waals surface area contributed by atoms with E-state index in [2.05, 4.69) is 26.1 Å². The van der Waals surface area contributed by atoms with E-state index in [9.17, 15) is 4.79 Å². The van der Waals surface area contributed by atoms with Crippen molar-refractivity contribution in [2.24, 2.45) is 0 Å². The molecule has 0 aromatic carbocycles. The summed E-state index contributed by atoms with van der Waals surface area (Å²) in [6.45, 7) is 8.01. The lowest BCUT2D eigenvalue weighted by Crippen LogP contribution is -2.36. The smallest absolute Gasteiger partial charge is 0.250 e. The number of hydrogen-bond acceptors (Lipinski definition) is 3. The maximum absolute atomic E-state index is 11.5. The van der Waals surface area contributed by atoms with Crippen molar-refractivity contribution >= 4 is 0 Å². The third kappa shape index (κ3) is 6.03. The van der Waals surface area contributed by atoms with Gasteiger partial charge in [0, 0.05) is 32.0 Å². The fourth-order valence-corrected chi connectivity index (χ4v) is 2.14. The fraction of sp³-hybridized carbons (Fsp3) is 0.667. The van der Waals surface area contributed by atoms with Crippen molar-refractivity contribution in [1.82, 2.24) is 9.88 Å². The average Bonchev–Trinajstić information content (AvgIpc) is 2.36.